The van der Waals surface area contributed by atoms with Crippen LogP contribution in [0.4, 0.5) is 24.7 Å². The summed E-state index contributed by atoms with van der Waals surface area (Å²) in [6.45, 7) is 5.83. The number of aryl methyl sites for hydroxylation is 1. The van der Waals surface area contributed by atoms with Gasteiger partial charge in [-0.3, -0.25) is 4.90 Å². The van der Waals surface area contributed by atoms with E-state index in [9.17, 15) is 4.39 Å². The molecule has 4 heterocycles. The molecule has 0 bridgehead atoms. The van der Waals surface area contributed by atoms with Crippen molar-refractivity contribution < 1.29 is 36.9 Å². The van der Waals surface area contributed by atoms with Crippen LogP contribution >= 0.6 is 0 Å². The first-order valence-electron chi connectivity index (χ1n) is 19.4. The number of benzene rings is 4. The summed E-state index contributed by atoms with van der Waals surface area (Å²) in [6.07, 6.45) is 2.35. The predicted molar refractivity (Wildman–Crippen MR) is 211 cm³/mol. The summed E-state index contributed by atoms with van der Waals surface area (Å²) in [4.78, 5) is 14.0. The monoisotopic (exact) mass is 771 g/mol. The van der Waals surface area contributed by atoms with E-state index in [0.29, 0.717) is 96.8 Å². The molecule has 296 valence electrons. The summed E-state index contributed by atoms with van der Waals surface area (Å²) in [5.41, 5.74) is 2.10. The predicted octanol–water partition coefficient (Wildman–Crippen LogP) is 8.08. The summed E-state index contributed by atoms with van der Waals surface area (Å²) in [5.74, 6) is 0.668. The fraction of sp³-hybridized carbons (Fsp3) is 0.442. The van der Waals surface area contributed by atoms with Crippen molar-refractivity contribution >= 4 is 33.2 Å². The van der Waals surface area contributed by atoms with Gasteiger partial charge in [0.1, 0.15) is 41.4 Å². The number of fused-ring (bicyclic) bond motifs is 3. The van der Waals surface area contributed by atoms with Gasteiger partial charge in [-0.2, -0.15) is 9.97 Å². The number of methoxy groups -OCH3 is 2. The number of alkyl halides is 1. The lowest BCUT2D eigenvalue weighted by atomic mass is 9.90. The highest BCUT2D eigenvalue weighted by Gasteiger charge is 2.49. The van der Waals surface area contributed by atoms with Crippen molar-refractivity contribution in [2.75, 3.05) is 77.2 Å². The van der Waals surface area contributed by atoms with E-state index in [1.54, 1.807) is 19.2 Å². The van der Waals surface area contributed by atoms with Gasteiger partial charge >= 0.3 is 6.01 Å². The molecule has 1 aromatic heterocycles. The second kappa shape index (κ2) is 16.3. The van der Waals surface area contributed by atoms with E-state index in [-0.39, 0.29) is 36.3 Å². The maximum absolute atomic E-state index is 18.0. The normalized spacial score (nSPS) is 20.0. The van der Waals surface area contributed by atoms with Gasteiger partial charge in [0.05, 0.1) is 19.3 Å². The first-order valence-corrected chi connectivity index (χ1v) is 19.4. The van der Waals surface area contributed by atoms with Crippen LogP contribution in [0.1, 0.15) is 43.7 Å². The van der Waals surface area contributed by atoms with E-state index in [2.05, 4.69) is 15.1 Å². The third kappa shape index (κ3) is 7.39. The molecular weight excluding hydrogens is 723 g/mol. The molecule has 0 unspecified atom stereocenters. The van der Waals surface area contributed by atoms with E-state index >= 15 is 8.78 Å². The third-order valence-corrected chi connectivity index (χ3v) is 11.4. The zero-order valence-corrected chi connectivity index (χ0v) is 32.1. The average Bonchev–Trinajstić information content (AvgIpc) is 3.59. The van der Waals surface area contributed by atoms with Crippen LogP contribution in [0.5, 0.6) is 17.5 Å². The SMILES string of the molecule is CCc1c(F)ccc2cc(OCOC)cc(-c3c(NCc4ccc(OC)cc4)cc4c(N5CCCOCC5)nc(OC[C@@]56CCCN5C[C@H](F)C6)nc4c3F)c12. The van der Waals surface area contributed by atoms with Gasteiger partial charge < -0.3 is 33.9 Å². The van der Waals surface area contributed by atoms with Crippen LogP contribution in [0.25, 0.3) is 32.8 Å². The molecule has 5 aromatic rings. The van der Waals surface area contributed by atoms with Crippen molar-refractivity contribution in [1.29, 1.82) is 0 Å². The number of hydrogen-bond acceptors (Lipinski definition) is 10. The number of anilines is 2. The fourth-order valence-corrected chi connectivity index (χ4v) is 8.69. The van der Waals surface area contributed by atoms with Gasteiger partial charge in [0, 0.05) is 63.0 Å². The Balaban J connectivity index is 1.34. The molecule has 10 nitrogen and oxygen atoms in total. The Kier molecular flexibility index (Phi) is 11.1. The number of ether oxygens (including phenoxy) is 5. The molecular formula is C43H48F3N5O5. The first-order chi connectivity index (χ1) is 27.3. The highest BCUT2D eigenvalue weighted by atomic mass is 19.1. The highest BCUT2D eigenvalue weighted by Crippen LogP contribution is 2.45. The van der Waals surface area contributed by atoms with Crippen molar-refractivity contribution in [2.24, 2.45) is 0 Å². The van der Waals surface area contributed by atoms with Gasteiger partial charge in [-0.1, -0.05) is 25.1 Å². The molecule has 8 rings (SSSR count). The molecule has 3 aliphatic heterocycles. The van der Waals surface area contributed by atoms with E-state index in [1.807, 2.05) is 43.3 Å². The van der Waals surface area contributed by atoms with Gasteiger partial charge in [0.15, 0.2) is 12.6 Å². The summed E-state index contributed by atoms with van der Waals surface area (Å²) >= 11 is 0. The molecule has 3 saturated heterocycles. The molecule has 4 aromatic carbocycles. The van der Waals surface area contributed by atoms with Gasteiger partial charge in [-0.25, -0.2) is 13.2 Å². The summed E-state index contributed by atoms with van der Waals surface area (Å²) < 4.78 is 77.1. The van der Waals surface area contributed by atoms with Crippen molar-refractivity contribution in [3.8, 4) is 28.6 Å². The Morgan fingerprint density at radius 2 is 1.80 bits per heavy atom. The molecule has 2 atom stereocenters. The Morgan fingerprint density at radius 3 is 2.61 bits per heavy atom. The van der Waals surface area contributed by atoms with Gasteiger partial charge in [0.25, 0.3) is 0 Å². The Bertz CT molecular complexity index is 2200. The number of nitrogens with zero attached hydrogens (tertiary/aromatic N) is 4. The Labute approximate surface area is 324 Å². The minimum atomic E-state index is -0.927. The van der Waals surface area contributed by atoms with Gasteiger partial charge in [0.2, 0.25) is 0 Å². The lowest BCUT2D eigenvalue weighted by Gasteiger charge is -2.31. The van der Waals surface area contributed by atoms with Crippen molar-refractivity contribution in [3.05, 3.63) is 77.4 Å². The minimum absolute atomic E-state index is 0.0207. The third-order valence-electron chi connectivity index (χ3n) is 11.4. The lowest BCUT2D eigenvalue weighted by molar-refractivity contribution is 0.0512. The van der Waals surface area contributed by atoms with Crippen LogP contribution in [0.3, 0.4) is 0 Å². The average molecular weight is 772 g/mol. The molecule has 0 spiro atoms. The Hall–Kier alpha value is -4.85. The van der Waals surface area contributed by atoms with Crippen molar-refractivity contribution in [3.63, 3.8) is 0 Å². The zero-order chi connectivity index (χ0) is 38.8. The van der Waals surface area contributed by atoms with Crippen LogP contribution < -0.4 is 24.4 Å². The van der Waals surface area contributed by atoms with E-state index in [4.69, 9.17) is 33.7 Å². The van der Waals surface area contributed by atoms with Gasteiger partial charge in [-0.15, -0.1) is 0 Å². The summed E-state index contributed by atoms with van der Waals surface area (Å²) in [7, 11) is 3.14. The van der Waals surface area contributed by atoms with Crippen LogP contribution in [-0.2, 0) is 22.4 Å². The van der Waals surface area contributed by atoms with Crippen molar-refractivity contribution in [2.45, 2.75) is 57.3 Å². The summed E-state index contributed by atoms with van der Waals surface area (Å²) in [6, 6.07) is 16.2. The van der Waals surface area contributed by atoms with Crippen LogP contribution in [0.2, 0.25) is 0 Å². The molecule has 0 saturated carbocycles. The topological polar surface area (TPSA) is 90.4 Å². The number of nitrogens with one attached hydrogen (secondary N) is 1. The van der Waals surface area contributed by atoms with Gasteiger partial charge in [-0.05, 0) is 96.1 Å². The number of halogens is 3. The standard InChI is InChI=1S/C43H48F3N5O5/c1-4-32-35(45)12-9-28-19-31(56-26-52-2)20-33(37(28)32)38-36(47-23-27-7-10-30(53-3)11-8-27)21-34-40(39(38)46)48-42(49-41(34)50-14-6-17-54-18-16-50)55-25-43-13-5-15-51(43)24-29(44)22-43/h7-12,19-21,29,47H,4-6,13-18,22-26H2,1-3H3/t29-,43+/m1/s1. The first kappa shape index (κ1) is 38.0. The molecule has 3 fully saturated rings. The maximum Gasteiger partial charge on any atom is 0.319 e. The lowest BCUT2D eigenvalue weighted by Crippen LogP contribution is -2.43. The molecule has 56 heavy (non-hydrogen) atoms. The van der Waals surface area contributed by atoms with Crippen LogP contribution in [0, 0.1) is 11.6 Å². The number of rotatable bonds is 13. The molecule has 0 radical (unpaired) electrons. The molecule has 1 N–H and O–H groups in total. The minimum Gasteiger partial charge on any atom is -0.497 e. The maximum atomic E-state index is 18.0. The molecule has 0 aliphatic carbocycles. The van der Waals surface area contributed by atoms with E-state index in [0.717, 1.165) is 37.1 Å². The van der Waals surface area contributed by atoms with E-state index < -0.39 is 17.5 Å². The molecule has 3 aliphatic rings. The molecule has 13 heteroatoms. The second-order valence-electron chi connectivity index (χ2n) is 14.9. The van der Waals surface area contributed by atoms with E-state index in [1.165, 1.54) is 13.2 Å². The van der Waals surface area contributed by atoms with Crippen LogP contribution in [-0.4, -0.2) is 93.6 Å². The number of aromatic nitrogens is 2. The highest BCUT2D eigenvalue weighted by molar-refractivity contribution is 6.07. The fourth-order valence-electron chi connectivity index (χ4n) is 8.69. The number of hydrogen-bond donors (Lipinski definition) is 1. The quantitative estimate of drug-likeness (QED) is 0.119. The van der Waals surface area contributed by atoms with Crippen LogP contribution in [0.15, 0.2) is 54.6 Å². The molecule has 0 amide bonds. The Morgan fingerprint density at radius 1 is 0.946 bits per heavy atom. The zero-order valence-electron chi connectivity index (χ0n) is 32.1. The largest absolute Gasteiger partial charge is 0.497 e. The summed E-state index contributed by atoms with van der Waals surface area (Å²) in [5, 5.41) is 5.26. The second-order valence-corrected chi connectivity index (χ2v) is 14.9. The smallest absolute Gasteiger partial charge is 0.319 e. The van der Waals surface area contributed by atoms with Crippen molar-refractivity contribution in [1.82, 2.24) is 14.9 Å².